The summed E-state index contributed by atoms with van der Waals surface area (Å²) >= 11 is 5.68. The Kier molecular flexibility index (Phi) is 5.98. The van der Waals surface area contributed by atoms with E-state index in [-0.39, 0.29) is 35.0 Å². The molecule has 1 N–H and O–H groups in total. The number of anilines is 2. The normalized spacial score (nSPS) is 15.5. The quantitative estimate of drug-likeness (QED) is 0.368. The van der Waals surface area contributed by atoms with Gasteiger partial charge in [0.2, 0.25) is 11.9 Å². The van der Waals surface area contributed by atoms with Crippen LogP contribution in [0.15, 0.2) is 30.5 Å². The van der Waals surface area contributed by atoms with Gasteiger partial charge in [0.1, 0.15) is 28.7 Å². The fourth-order valence-corrected chi connectivity index (χ4v) is 5.21. The van der Waals surface area contributed by atoms with Gasteiger partial charge in [-0.25, -0.2) is 28.7 Å². The number of imidazole rings is 1. The van der Waals surface area contributed by atoms with Crippen molar-refractivity contribution in [3.8, 4) is 11.3 Å². The summed E-state index contributed by atoms with van der Waals surface area (Å²) in [5, 5.41) is 3.03. The summed E-state index contributed by atoms with van der Waals surface area (Å²) in [4.78, 5) is 31.1. The number of hydrogen-bond acceptors (Lipinski definition) is 6. The van der Waals surface area contributed by atoms with Crippen molar-refractivity contribution in [1.82, 2.24) is 29.4 Å². The number of alkyl halides is 1. The maximum Gasteiger partial charge on any atom is 0.237 e. The summed E-state index contributed by atoms with van der Waals surface area (Å²) in [6, 6.07) is 6.93. The lowest BCUT2D eigenvalue weighted by molar-refractivity contribution is -0.129. The fraction of sp³-hybridized carbons (Fsp3) is 0.346. The minimum Gasteiger partial charge on any atom is -0.337 e. The molecule has 1 aromatic carbocycles. The minimum absolute atomic E-state index is 0.00880. The lowest BCUT2D eigenvalue weighted by atomic mass is 9.92. The highest BCUT2D eigenvalue weighted by atomic mass is 35.5. The first-order valence-electron chi connectivity index (χ1n) is 12.2. The number of hydrogen-bond donors (Lipinski definition) is 1. The zero-order chi connectivity index (χ0) is 25.7. The smallest absolute Gasteiger partial charge is 0.237 e. The average molecular weight is 524 g/mol. The Bertz CT molecular complexity index is 1540. The molecule has 0 bridgehead atoms. The van der Waals surface area contributed by atoms with Crippen molar-refractivity contribution in [2.24, 2.45) is 0 Å². The van der Waals surface area contributed by atoms with E-state index in [1.165, 1.54) is 6.07 Å². The first-order valence-corrected chi connectivity index (χ1v) is 12.8. The second kappa shape index (κ2) is 9.33. The number of fused-ring (bicyclic) bond motifs is 2. The van der Waals surface area contributed by atoms with Crippen LogP contribution in [0.2, 0.25) is 0 Å². The van der Waals surface area contributed by atoms with E-state index in [1.54, 1.807) is 17.0 Å². The van der Waals surface area contributed by atoms with E-state index in [0.29, 0.717) is 36.4 Å². The molecule has 1 amide bonds. The molecule has 2 aliphatic rings. The lowest BCUT2D eigenvalue weighted by Crippen LogP contribution is -2.37. The largest absolute Gasteiger partial charge is 0.337 e. The second-order valence-corrected chi connectivity index (χ2v) is 9.72. The molecule has 1 aliphatic carbocycles. The molecule has 3 aromatic heterocycles. The Morgan fingerprint density at radius 3 is 2.76 bits per heavy atom. The number of carbonyl (C=O) groups is 1. The number of halogens is 3. The number of pyridine rings is 1. The second-order valence-electron chi connectivity index (χ2n) is 9.46. The van der Waals surface area contributed by atoms with E-state index in [4.69, 9.17) is 11.6 Å². The Morgan fingerprint density at radius 1 is 1.16 bits per heavy atom. The maximum atomic E-state index is 15.1. The molecule has 1 saturated carbocycles. The van der Waals surface area contributed by atoms with Crippen LogP contribution < -0.4 is 5.32 Å². The van der Waals surface area contributed by atoms with E-state index >= 15 is 4.39 Å². The Hall–Kier alpha value is -3.66. The highest BCUT2D eigenvalue weighted by molar-refractivity contribution is 6.27. The highest BCUT2D eigenvalue weighted by Crippen LogP contribution is 2.37. The van der Waals surface area contributed by atoms with Crippen LogP contribution in [0.1, 0.15) is 42.4 Å². The van der Waals surface area contributed by atoms with E-state index in [1.807, 2.05) is 17.6 Å². The number of benzene rings is 1. The first kappa shape index (κ1) is 23.7. The monoisotopic (exact) mass is 523 g/mol. The van der Waals surface area contributed by atoms with Crippen LogP contribution >= 0.6 is 11.6 Å². The van der Waals surface area contributed by atoms with E-state index in [9.17, 15) is 9.18 Å². The molecule has 0 radical (unpaired) electrons. The summed E-state index contributed by atoms with van der Waals surface area (Å²) in [6.07, 6.45) is 4.82. The van der Waals surface area contributed by atoms with E-state index < -0.39 is 11.6 Å². The van der Waals surface area contributed by atoms with Gasteiger partial charge in [0.15, 0.2) is 11.6 Å². The summed E-state index contributed by atoms with van der Waals surface area (Å²) in [6.45, 7) is 2.86. The number of aryl methyl sites for hydroxylation is 1. The summed E-state index contributed by atoms with van der Waals surface area (Å²) < 4.78 is 32.0. The maximum absolute atomic E-state index is 15.1. The molecule has 1 fully saturated rings. The number of rotatable bonds is 5. The molecule has 1 aliphatic heterocycles. The molecule has 190 valence electrons. The van der Waals surface area contributed by atoms with Crippen molar-refractivity contribution in [3.05, 3.63) is 59.2 Å². The van der Waals surface area contributed by atoms with Crippen LogP contribution in [0.4, 0.5) is 20.5 Å². The molecule has 6 rings (SSSR count). The van der Waals surface area contributed by atoms with Gasteiger partial charge in [-0.15, -0.1) is 11.6 Å². The van der Waals surface area contributed by atoms with Gasteiger partial charge < -0.3 is 14.8 Å². The molecule has 8 nitrogen and oxygen atoms in total. The molecule has 37 heavy (non-hydrogen) atoms. The Labute approximate surface area is 216 Å². The third kappa shape index (κ3) is 4.29. The van der Waals surface area contributed by atoms with Gasteiger partial charge in [0.25, 0.3) is 0 Å². The summed E-state index contributed by atoms with van der Waals surface area (Å²) in [5.74, 6) is 0.0533. The highest BCUT2D eigenvalue weighted by Gasteiger charge is 2.26. The van der Waals surface area contributed by atoms with Gasteiger partial charge in [-0.2, -0.15) is 0 Å². The molecule has 4 heterocycles. The Balaban J connectivity index is 1.30. The lowest BCUT2D eigenvalue weighted by Gasteiger charge is -2.28. The van der Waals surface area contributed by atoms with E-state index in [2.05, 4.69) is 25.3 Å². The molecule has 11 heteroatoms. The van der Waals surface area contributed by atoms with Crippen LogP contribution in [0.3, 0.4) is 0 Å². The molecule has 4 aromatic rings. The van der Waals surface area contributed by atoms with Crippen LogP contribution in [-0.2, 0) is 17.8 Å². The fourth-order valence-electron chi connectivity index (χ4n) is 5.04. The van der Waals surface area contributed by atoms with Gasteiger partial charge in [0.05, 0.1) is 11.7 Å². The molecule has 0 spiro atoms. The summed E-state index contributed by atoms with van der Waals surface area (Å²) in [5.41, 5.74) is 3.03. The number of nitrogens with one attached hydrogen (secondary N) is 1. The molecule has 0 saturated heterocycles. The topological polar surface area (TPSA) is 88.8 Å². The van der Waals surface area contributed by atoms with Gasteiger partial charge in [-0.3, -0.25) is 4.79 Å². The summed E-state index contributed by atoms with van der Waals surface area (Å²) in [7, 11) is 0. The van der Waals surface area contributed by atoms with Crippen molar-refractivity contribution in [1.29, 1.82) is 0 Å². The standard InChI is InChI=1S/C26H24ClF2N7O/c1-14-31-25-18(28)9-16(10-21(25)36(14)17-3-2-4-17)24-19(29)12-30-26(34-24)33-22-6-5-15-13-35(23(37)11-27)8-7-20(15)32-22/h5-6,9-10,12,17H,2-4,7-8,11,13H2,1H3,(H,30,32,33,34). The van der Waals surface area contributed by atoms with Crippen molar-refractivity contribution in [2.45, 2.75) is 45.2 Å². The predicted molar refractivity (Wildman–Crippen MR) is 136 cm³/mol. The van der Waals surface area contributed by atoms with Crippen molar-refractivity contribution in [2.75, 3.05) is 17.7 Å². The third-order valence-electron chi connectivity index (χ3n) is 7.14. The Morgan fingerprint density at radius 2 is 2.00 bits per heavy atom. The van der Waals surface area contributed by atoms with Gasteiger partial charge in [-0.05, 0) is 49.9 Å². The van der Waals surface area contributed by atoms with Crippen molar-refractivity contribution in [3.63, 3.8) is 0 Å². The van der Waals surface area contributed by atoms with Crippen molar-refractivity contribution < 1.29 is 13.6 Å². The minimum atomic E-state index is -0.654. The zero-order valence-electron chi connectivity index (χ0n) is 20.1. The third-order valence-corrected chi connectivity index (χ3v) is 7.37. The first-order chi connectivity index (χ1) is 17.9. The van der Waals surface area contributed by atoms with Gasteiger partial charge in [-0.1, -0.05) is 6.07 Å². The number of carbonyl (C=O) groups excluding carboxylic acids is 1. The van der Waals surface area contributed by atoms with Gasteiger partial charge in [0, 0.05) is 36.8 Å². The SMILES string of the molecule is Cc1nc2c(F)cc(-c3nc(Nc4ccc5c(n4)CCN(C(=O)CCl)C5)ncc3F)cc2n1C1CCC1. The zero-order valence-corrected chi connectivity index (χ0v) is 20.9. The molecular weight excluding hydrogens is 500 g/mol. The predicted octanol–water partition coefficient (Wildman–Crippen LogP) is 5.07. The molecule has 0 atom stereocenters. The van der Waals surface area contributed by atoms with Gasteiger partial charge >= 0.3 is 0 Å². The van der Waals surface area contributed by atoms with Crippen LogP contribution in [0, 0.1) is 18.6 Å². The number of nitrogens with zero attached hydrogens (tertiary/aromatic N) is 6. The number of aromatic nitrogens is 5. The molecular formula is C26H24ClF2N7O. The van der Waals surface area contributed by atoms with Crippen LogP contribution in [0.25, 0.3) is 22.3 Å². The molecule has 0 unspecified atom stereocenters. The van der Waals surface area contributed by atoms with E-state index in [0.717, 1.165) is 42.5 Å². The average Bonchev–Trinajstić information content (AvgIpc) is 3.19. The number of amides is 1. The van der Waals surface area contributed by atoms with Crippen LogP contribution in [-0.4, -0.2) is 47.7 Å². The van der Waals surface area contributed by atoms with Crippen LogP contribution in [0.5, 0.6) is 0 Å². The van der Waals surface area contributed by atoms with Crippen molar-refractivity contribution >= 4 is 40.3 Å².